The van der Waals surface area contributed by atoms with E-state index in [1.54, 1.807) is 12.5 Å². The van der Waals surface area contributed by atoms with Crippen LogP contribution < -0.4 is 5.73 Å². The van der Waals surface area contributed by atoms with E-state index in [0.717, 1.165) is 17.9 Å². The van der Waals surface area contributed by atoms with Crippen LogP contribution in [0.15, 0.2) is 38.6 Å². The molecule has 2 heterocycles. The van der Waals surface area contributed by atoms with E-state index in [4.69, 9.17) is 14.6 Å². The van der Waals surface area contributed by atoms with Gasteiger partial charge in [0.25, 0.3) is 5.22 Å². The molecule has 2 unspecified atom stereocenters. The predicted octanol–water partition coefficient (Wildman–Crippen LogP) is 3.15. The minimum Gasteiger partial charge on any atom is -0.465 e. The Labute approximate surface area is 105 Å². The molecule has 17 heavy (non-hydrogen) atoms. The van der Waals surface area contributed by atoms with Crippen molar-refractivity contribution < 1.29 is 8.83 Å². The topological polar surface area (TPSA) is 65.2 Å². The Morgan fingerprint density at radius 1 is 1.47 bits per heavy atom. The van der Waals surface area contributed by atoms with Crippen molar-refractivity contribution in [2.24, 2.45) is 5.73 Å². The second-order valence-electron chi connectivity index (χ2n) is 3.86. The van der Waals surface area contributed by atoms with Crippen LogP contribution in [0, 0.1) is 6.92 Å². The van der Waals surface area contributed by atoms with Crippen molar-refractivity contribution in [3.63, 3.8) is 0 Å². The highest BCUT2D eigenvalue weighted by atomic mass is 32.2. The quantitative estimate of drug-likeness (QED) is 0.828. The lowest BCUT2D eigenvalue weighted by Crippen LogP contribution is -2.25. The third-order valence-corrected chi connectivity index (χ3v) is 3.78. The van der Waals surface area contributed by atoms with Gasteiger partial charge in [0.15, 0.2) is 0 Å². The molecule has 2 rings (SSSR count). The number of rotatable bonds is 5. The number of aryl methyl sites for hydroxylation is 1. The van der Waals surface area contributed by atoms with Crippen molar-refractivity contribution in [1.29, 1.82) is 0 Å². The first-order valence-corrected chi connectivity index (χ1v) is 6.46. The molecular formula is C12H16N2O2S. The van der Waals surface area contributed by atoms with Crippen LogP contribution in [0.3, 0.4) is 0 Å². The number of furan rings is 1. The van der Waals surface area contributed by atoms with Gasteiger partial charge in [-0.1, -0.05) is 18.7 Å². The zero-order valence-electron chi connectivity index (χ0n) is 9.92. The monoisotopic (exact) mass is 252 g/mol. The van der Waals surface area contributed by atoms with Crippen molar-refractivity contribution in [1.82, 2.24) is 4.98 Å². The normalized spacial score (nSPS) is 14.8. The van der Waals surface area contributed by atoms with Gasteiger partial charge in [-0.3, -0.25) is 0 Å². The fraction of sp³-hybridized carbons (Fsp3) is 0.417. The van der Waals surface area contributed by atoms with Crippen LogP contribution in [-0.4, -0.2) is 11.0 Å². The number of thioether (sulfide) groups is 1. The van der Waals surface area contributed by atoms with Gasteiger partial charge in [0.05, 0.1) is 11.4 Å². The summed E-state index contributed by atoms with van der Waals surface area (Å²) < 4.78 is 10.9. The molecule has 0 saturated carbocycles. The van der Waals surface area contributed by atoms with Gasteiger partial charge in [0, 0.05) is 6.04 Å². The maximum absolute atomic E-state index is 6.12. The summed E-state index contributed by atoms with van der Waals surface area (Å²) in [6.07, 6.45) is 4.06. The second-order valence-corrected chi connectivity index (χ2v) is 4.95. The molecule has 0 saturated heterocycles. The molecule has 2 aromatic heterocycles. The van der Waals surface area contributed by atoms with Gasteiger partial charge in [0.2, 0.25) is 0 Å². The van der Waals surface area contributed by atoms with Crippen molar-refractivity contribution in [3.8, 4) is 0 Å². The van der Waals surface area contributed by atoms with E-state index in [9.17, 15) is 0 Å². The predicted molar refractivity (Wildman–Crippen MR) is 66.8 cm³/mol. The first-order valence-electron chi connectivity index (χ1n) is 5.58. The largest absolute Gasteiger partial charge is 0.465 e. The first-order chi connectivity index (χ1) is 8.20. The minimum absolute atomic E-state index is 0.0115. The average Bonchev–Trinajstić information content (AvgIpc) is 2.96. The van der Waals surface area contributed by atoms with E-state index in [1.165, 1.54) is 11.8 Å². The molecule has 2 aromatic rings. The van der Waals surface area contributed by atoms with Crippen molar-refractivity contribution in [3.05, 3.63) is 36.1 Å². The summed E-state index contributed by atoms with van der Waals surface area (Å²) in [6.45, 7) is 3.98. The molecule has 0 radical (unpaired) electrons. The number of hydrogen-bond donors (Lipinski definition) is 1. The van der Waals surface area contributed by atoms with E-state index in [1.807, 2.05) is 19.1 Å². The summed E-state index contributed by atoms with van der Waals surface area (Å²) in [7, 11) is 0. The molecule has 5 heteroatoms. The highest BCUT2D eigenvalue weighted by Crippen LogP contribution is 2.37. The molecule has 0 spiro atoms. The molecule has 0 bridgehead atoms. The van der Waals surface area contributed by atoms with Gasteiger partial charge in [-0.25, -0.2) is 4.98 Å². The first kappa shape index (κ1) is 12.3. The Bertz CT molecular complexity index is 453. The Morgan fingerprint density at radius 3 is 2.82 bits per heavy atom. The number of nitrogens with two attached hydrogens (primary N) is 1. The number of aromatic nitrogens is 1. The number of hydrogen-bond acceptors (Lipinski definition) is 5. The van der Waals surface area contributed by atoms with Crippen LogP contribution in [0.1, 0.15) is 30.1 Å². The lowest BCUT2D eigenvalue weighted by atomic mass is 10.1. The zero-order chi connectivity index (χ0) is 12.3. The lowest BCUT2D eigenvalue weighted by molar-refractivity contribution is 0.437. The highest BCUT2D eigenvalue weighted by molar-refractivity contribution is 7.99. The number of oxazole rings is 1. The molecule has 0 fully saturated rings. The van der Waals surface area contributed by atoms with Crippen LogP contribution in [0.2, 0.25) is 0 Å². The average molecular weight is 252 g/mol. The minimum atomic E-state index is 0.0115. The fourth-order valence-electron chi connectivity index (χ4n) is 1.55. The smallest absolute Gasteiger partial charge is 0.256 e. The Hall–Kier alpha value is -1.20. The summed E-state index contributed by atoms with van der Waals surface area (Å²) in [5.74, 6) is 1.77. The van der Waals surface area contributed by atoms with Crippen LogP contribution in [-0.2, 0) is 0 Å². The van der Waals surface area contributed by atoms with Crippen LogP contribution in [0.25, 0.3) is 0 Å². The van der Waals surface area contributed by atoms with Gasteiger partial charge in [-0.05, 0) is 25.5 Å². The summed E-state index contributed by atoms with van der Waals surface area (Å²) in [6, 6.07) is 3.92. The molecular weight excluding hydrogens is 236 g/mol. The third kappa shape index (κ3) is 2.92. The van der Waals surface area contributed by atoms with E-state index in [2.05, 4.69) is 11.9 Å². The maximum atomic E-state index is 6.12. The van der Waals surface area contributed by atoms with E-state index < -0.39 is 0 Å². The Morgan fingerprint density at radius 2 is 2.29 bits per heavy atom. The summed E-state index contributed by atoms with van der Waals surface area (Å²) in [5, 5.41) is 0.653. The second kappa shape index (κ2) is 5.42. The summed E-state index contributed by atoms with van der Waals surface area (Å²) in [4.78, 5) is 4.10. The summed E-state index contributed by atoms with van der Waals surface area (Å²) in [5.41, 5.74) is 6.12. The maximum Gasteiger partial charge on any atom is 0.256 e. The Balaban J connectivity index is 2.19. The van der Waals surface area contributed by atoms with Crippen LogP contribution in [0.5, 0.6) is 0 Å². The van der Waals surface area contributed by atoms with Crippen molar-refractivity contribution in [2.75, 3.05) is 0 Å². The van der Waals surface area contributed by atoms with E-state index in [0.29, 0.717) is 5.22 Å². The molecule has 0 aliphatic heterocycles. The molecule has 0 amide bonds. The Kier molecular flexibility index (Phi) is 3.91. The standard InChI is InChI=1S/C12H16N2O2S/c1-3-9(13)11(10-5-4-8(2)16-10)17-12-14-6-7-15-12/h4-7,9,11H,3,13H2,1-2H3. The van der Waals surface area contributed by atoms with Gasteiger partial charge in [-0.15, -0.1) is 0 Å². The van der Waals surface area contributed by atoms with Gasteiger partial charge in [0.1, 0.15) is 17.8 Å². The van der Waals surface area contributed by atoms with E-state index >= 15 is 0 Å². The number of nitrogens with zero attached hydrogens (tertiary/aromatic N) is 1. The lowest BCUT2D eigenvalue weighted by Gasteiger charge is -2.18. The highest BCUT2D eigenvalue weighted by Gasteiger charge is 2.24. The SMILES string of the molecule is CCC(N)C(Sc1ncco1)c1ccc(C)o1. The molecule has 2 atom stereocenters. The van der Waals surface area contributed by atoms with Crippen molar-refractivity contribution >= 4 is 11.8 Å². The van der Waals surface area contributed by atoms with Gasteiger partial charge >= 0.3 is 0 Å². The molecule has 2 N–H and O–H groups in total. The van der Waals surface area contributed by atoms with Crippen molar-refractivity contribution in [2.45, 2.75) is 36.8 Å². The van der Waals surface area contributed by atoms with Gasteiger partial charge in [-0.2, -0.15) is 0 Å². The fourth-order valence-corrected chi connectivity index (χ4v) is 2.61. The van der Waals surface area contributed by atoms with Crippen LogP contribution in [0.4, 0.5) is 0 Å². The van der Waals surface area contributed by atoms with Gasteiger partial charge < -0.3 is 14.6 Å². The molecule has 0 aliphatic carbocycles. The zero-order valence-corrected chi connectivity index (χ0v) is 10.7. The summed E-state index contributed by atoms with van der Waals surface area (Å²) >= 11 is 1.50. The molecule has 0 aliphatic rings. The molecule has 4 nitrogen and oxygen atoms in total. The van der Waals surface area contributed by atoms with Crippen LogP contribution >= 0.6 is 11.8 Å². The third-order valence-electron chi connectivity index (χ3n) is 2.54. The van der Waals surface area contributed by atoms with E-state index in [-0.39, 0.29) is 11.3 Å². The molecule has 92 valence electrons. The molecule has 0 aromatic carbocycles.